The summed E-state index contributed by atoms with van der Waals surface area (Å²) in [5, 5.41) is 6.00. The molecule has 2 aromatic carbocycles. The second-order valence-electron chi connectivity index (χ2n) is 4.02. The van der Waals surface area contributed by atoms with Gasteiger partial charge in [0.05, 0.1) is 19.3 Å². The molecule has 82 valence electrons. The Labute approximate surface area is 103 Å². The van der Waals surface area contributed by atoms with E-state index in [1.54, 1.807) is 0 Å². The van der Waals surface area contributed by atoms with E-state index in [-0.39, 0.29) is 0 Å². The molecule has 0 aromatic heterocycles. The second kappa shape index (κ2) is 4.07. The fourth-order valence-electron chi connectivity index (χ4n) is 1.94. The molecule has 0 aliphatic carbocycles. The number of anilines is 1. The van der Waals surface area contributed by atoms with Crippen molar-refractivity contribution in [1.29, 1.82) is 0 Å². The molecule has 0 amide bonds. The Balaban J connectivity index is 2.06. The predicted octanol–water partition coefficient (Wildman–Crippen LogP) is 3.41. The van der Waals surface area contributed by atoms with E-state index >= 15 is 0 Å². The van der Waals surface area contributed by atoms with Crippen LogP contribution in [0.15, 0.2) is 40.9 Å². The number of ether oxygens (including phenoxy) is 1. The third-order valence-corrected chi connectivity index (χ3v) is 3.56. The Hall–Kier alpha value is -1.06. The van der Waals surface area contributed by atoms with Crippen LogP contribution in [0.3, 0.4) is 0 Å². The fraction of sp³-hybridized carbons (Fsp3) is 0.231. The molecule has 1 heterocycles. The largest absolute Gasteiger partial charge is 0.377 e. The number of nitrogens with one attached hydrogen (secondary N) is 1. The summed E-state index contributed by atoms with van der Waals surface area (Å²) >= 11 is 3.58. The van der Waals surface area contributed by atoms with E-state index in [4.69, 9.17) is 4.74 Å². The number of rotatable bonds is 2. The lowest BCUT2D eigenvalue weighted by atomic mass is 10.1. The lowest BCUT2D eigenvalue weighted by molar-refractivity contribution is 0.0211. The van der Waals surface area contributed by atoms with Crippen LogP contribution in [-0.2, 0) is 4.74 Å². The summed E-state index contributed by atoms with van der Waals surface area (Å²) in [4.78, 5) is 0. The van der Waals surface area contributed by atoms with E-state index in [0.29, 0.717) is 6.04 Å². The van der Waals surface area contributed by atoms with Gasteiger partial charge in [0.25, 0.3) is 0 Å². The predicted molar refractivity (Wildman–Crippen MR) is 69.9 cm³/mol. The third kappa shape index (κ3) is 1.70. The van der Waals surface area contributed by atoms with Crippen LogP contribution in [0.25, 0.3) is 10.8 Å². The zero-order valence-electron chi connectivity index (χ0n) is 8.74. The van der Waals surface area contributed by atoms with Crippen LogP contribution in [0, 0.1) is 0 Å². The van der Waals surface area contributed by atoms with E-state index in [0.717, 1.165) is 17.7 Å². The second-order valence-corrected chi connectivity index (χ2v) is 4.87. The van der Waals surface area contributed by atoms with Gasteiger partial charge in [-0.2, -0.15) is 0 Å². The van der Waals surface area contributed by atoms with Crippen molar-refractivity contribution in [3.05, 3.63) is 40.9 Å². The minimum atomic E-state index is 0.463. The molecule has 0 radical (unpaired) electrons. The van der Waals surface area contributed by atoms with Gasteiger partial charge in [-0.25, -0.2) is 0 Å². The molecule has 1 fully saturated rings. The van der Waals surface area contributed by atoms with Crippen LogP contribution < -0.4 is 5.32 Å². The minimum Gasteiger partial charge on any atom is -0.377 e. The highest BCUT2D eigenvalue weighted by molar-refractivity contribution is 9.10. The van der Waals surface area contributed by atoms with Gasteiger partial charge in [0.2, 0.25) is 0 Å². The van der Waals surface area contributed by atoms with E-state index in [2.05, 4.69) is 57.6 Å². The van der Waals surface area contributed by atoms with Crippen molar-refractivity contribution >= 4 is 32.4 Å². The first kappa shape index (κ1) is 10.1. The highest BCUT2D eigenvalue weighted by atomic mass is 79.9. The molecule has 2 nitrogen and oxygen atoms in total. The van der Waals surface area contributed by atoms with Gasteiger partial charge in [0.1, 0.15) is 0 Å². The normalized spacial score (nSPS) is 16.1. The molecule has 0 spiro atoms. The van der Waals surface area contributed by atoms with E-state index < -0.39 is 0 Å². The molecule has 0 bridgehead atoms. The molecule has 1 aliphatic rings. The van der Waals surface area contributed by atoms with Crippen molar-refractivity contribution in [2.75, 3.05) is 18.5 Å². The fourth-order valence-corrected chi connectivity index (χ4v) is 2.43. The van der Waals surface area contributed by atoms with E-state index in [1.807, 2.05) is 0 Å². The van der Waals surface area contributed by atoms with Gasteiger partial charge in [-0.3, -0.25) is 0 Å². The minimum absolute atomic E-state index is 0.463. The monoisotopic (exact) mass is 277 g/mol. The summed E-state index contributed by atoms with van der Waals surface area (Å²) < 4.78 is 6.31. The van der Waals surface area contributed by atoms with Gasteiger partial charge in [-0.1, -0.05) is 40.2 Å². The quantitative estimate of drug-likeness (QED) is 0.908. The Kier molecular flexibility index (Phi) is 2.58. The summed E-state index contributed by atoms with van der Waals surface area (Å²) in [5.74, 6) is 0. The summed E-state index contributed by atoms with van der Waals surface area (Å²) in [6, 6.07) is 13.1. The van der Waals surface area contributed by atoms with Crippen molar-refractivity contribution < 1.29 is 4.74 Å². The molecule has 3 rings (SSSR count). The van der Waals surface area contributed by atoms with Crippen LogP contribution in [0.5, 0.6) is 0 Å². The first-order valence-electron chi connectivity index (χ1n) is 5.36. The molecule has 0 saturated carbocycles. The molecule has 1 saturated heterocycles. The van der Waals surface area contributed by atoms with Crippen LogP contribution in [0.1, 0.15) is 0 Å². The Morgan fingerprint density at radius 2 is 1.81 bits per heavy atom. The maximum atomic E-state index is 5.17. The number of hydrogen-bond donors (Lipinski definition) is 1. The zero-order chi connectivity index (χ0) is 11.0. The average molecular weight is 278 g/mol. The molecular weight excluding hydrogens is 266 g/mol. The third-order valence-electron chi connectivity index (χ3n) is 2.87. The van der Waals surface area contributed by atoms with Gasteiger partial charge >= 0.3 is 0 Å². The Morgan fingerprint density at radius 3 is 2.56 bits per heavy atom. The maximum Gasteiger partial charge on any atom is 0.0728 e. The summed E-state index contributed by atoms with van der Waals surface area (Å²) in [7, 11) is 0. The number of benzene rings is 2. The molecule has 1 aliphatic heterocycles. The van der Waals surface area contributed by atoms with Crippen molar-refractivity contribution in [3.63, 3.8) is 0 Å². The average Bonchev–Trinajstić information content (AvgIpc) is 2.24. The highest BCUT2D eigenvalue weighted by Crippen LogP contribution is 2.29. The molecule has 2 aromatic rings. The van der Waals surface area contributed by atoms with Crippen molar-refractivity contribution in [3.8, 4) is 0 Å². The Morgan fingerprint density at radius 1 is 1.06 bits per heavy atom. The highest BCUT2D eigenvalue weighted by Gasteiger charge is 2.18. The zero-order valence-corrected chi connectivity index (χ0v) is 10.3. The smallest absolute Gasteiger partial charge is 0.0728 e. The van der Waals surface area contributed by atoms with Crippen molar-refractivity contribution in [2.24, 2.45) is 0 Å². The van der Waals surface area contributed by atoms with Gasteiger partial charge < -0.3 is 10.1 Å². The Bertz CT molecular complexity index is 522. The first-order valence-corrected chi connectivity index (χ1v) is 6.15. The van der Waals surface area contributed by atoms with Crippen LogP contribution in [-0.4, -0.2) is 19.3 Å². The number of fused-ring (bicyclic) bond motifs is 1. The van der Waals surface area contributed by atoms with Crippen molar-refractivity contribution in [1.82, 2.24) is 0 Å². The number of hydrogen-bond acceptors (Lipinski definition) is 2. The standard InChI is InChI=1S/C13H12BrNO/c14-12-5-1-4-11-10(12)3-2-6-13(11)15-9-7-16-8-9/h1-6,9,15H,7-8H2. The van der Waals surface area contributed by atoms with Crippen LogP contribution >= 0.6 is 15.9 Å². The van der Waals surface area contributed by atoms with Crippen LogP contribution in [0.2, 0.25) is 0 Å². The van der Waals surface area contributed by atoms with Gasteiger partial charge in [-0.15, -0.1) is 0 Å². The van der Waals surface area contributed by atoms with E-state index in [1.165, 1.54) is 16.5 Å². The summed E-state index contributed by atoms with van der Waals surface area (Å²) in [6.07, 6.45) is 0. The van der Waals surface area contributed by atoms with Crippen molar-refractivity contribution in [2.45, 2.75) is 6.04 Å². The SMILES string of the molecule is Brc1cccc2c(NC3COC3)cccc12. The first-order chi connectivity index (χ1) is 7.84. The molecule has 16 heavy (non-hydrogen) atoms. The van der Waals surface area contributed by atoms with Gasteiger partial charge in [0.15, 0.2) is 0 Å². The van der Waals surface area contributed by atoms with Gasteiger partial charge in [-0.05, 0) is 17.5 Å². The lowest BCUT2D eigenvalue weighted by Crippen LogP contribution is -2.40. The molecule has 1 N–H and O–H groups in total. The van der Waals surface area contributed by atoms with Crippen LogP contribution in [0.4, 0.5) is 5.69 Å². The molecule has 0 atom stereocenters. The molecule has 3 heteroatoms. The topological polar surface area (TPSA) is 21.3 Å². The molecule has 0 unspecified atom stereocenters. The van der Waals surface area contributed by atoms with E-state index in [9.17, 15) is 0 Å². The van der Waals surface area contributed by atoms with Gasteiger partial charge in [0, 0.05) is 15.5 Å². The summed E-state index contributed by atoms with van der Waals surface area (Å²) in [6.45, 7) is 1.62. The maximum absolute atomic E-state index is 5.17. The summed E-state index contributed by atoms with van der Waals surface area (Å²) in [5.41, 5.74) is 1.19. The molecular formula is C13H12BrNO. The number of halogens is 1. The lowest BCUT2D eigenvalue weighted by Gasteiger charge is -2.28.